The molecule has 0 saturated carbocycles. The van der Waals surface area contributed by atoms with Gasteiger partial charge in [-0.15, -0.1) is 11.8 Å². The fourth-order valence-electron chi connectivity index (χ4n) is 2.09. The molecule has 2 N–H and O–H groups in total. The van der Waals surface area contributed by atoms with Crippen molar-refractivity contribution >= 4 is 34.2 Å². The van der Waals surface area contributed by atoms with Gasteiger partial charge in [0.15, 0.2) is 5.78 Å². The minimum atomic E-state index is -0.606. The van der Waals surface area contributed by atoms with Crippen molar-refractivity contribution in [2.45, 2.75) is 4.90 Å². The smallest absolute Gasteiger partial charge is 0.347 e. The summed E-state index contributed by atoms with van der Waals surface area (Å²) < 4.78 is 5.18. The van der Waals surface area contributed by atoms with Crippen LogP contribution in [-0.4, -0.2) is 11.5 Å². The lowest BCUT2D eigenvalue weighted by Gasteiger charge is -2.04. The fraction of sp³-hybridized carbons (Fsp3) is 0.0588. The molecule has 0 spiro atoms. The summed E-state index contributed by atoms with van der Waals surface area (Å²) in [7, 11) is 0. The molecular weight excluding hydrogens is 298 g/mol. The maximum Gasteiger partial charge on any atom is 0.347 e. The Morgan fingerprint density at radius 2 is 1.82 bits per heavy atom. The third-order valence-electron chi connectivity index (χ3n) is 3.22. The van der Waals surface area contributed by atoms with Crippen molar-refractivity contribution in [3.63, 3.8) is 0 Å². The molecule has 0 radical (unpaired) electrons. The van der Waals surface area contributed by atoms with Crippen LogP contribution in [0.25, 0.3) is 11.0 Å². The molecule has 0 fully saturated rings. The Bertz CT molecular complexity index is 902. The normalized spacial score (nSPS) is 10.7. The summed E-state index contributed by atoms with van der Waals surface area (Å²) in [5.74, 6) is -0.134. The van der Waals surface area contributed by atoms with E-state index in [9.17, 15) is 9.59 Å². The van der Waals surface area contributed by atoms with Gasteiger partial charge >= 0.3 is 5.63 Å². The summed E-state index contributed by atoms with van der Waals surface area (Å²) in [5, 5.41) is 0.731. The lowest BCUT2D eigenvalue weighted by molar-refractivity contribution is 0.101. The van der Waals surface area contributed by atoms with Crippen molar-refractivity contribution in [1.29, 1.82) is 0 Å². The average Bonchev–Trinajstić information content (AvgIpc) is 2.53. The Morgan fingerprint density at radius 3 is 2.64 bits per heavy atom. The first-order valence-corrected chi connectivity index (χ1v) is 7.67. The lowest BCUT2D eigenvalue weighted by Crippen LogP contribution is -2.15. The zero-order valence-corrected chi connectivity index (χ0v) is 12.4. The highest BCUT2D eigenvalue weighted by atomic mass is 32.2. The second-order valence-corrected chi connectivity index (χ2v) is 5.75. The summed E-state index contributed by atoms with van der Waals surface area (Å²) in [4.78, 5) is 25.0. The molecular formula is C17H13NO3S. The molecule has 3 aromatic rings. The van der Waals surface area contributed by atoms with E-state index in [-0.39, 0.29) is 17.1 Å². The number of anilines is 1. The van der Waals surface area contributed by atoms with Crippen LogP contribution < -0.4 is 11.4 Å². The SMILES string of the molecule is Nc1ccccc1SCC(=O)c1cc2ccccc2oc1=O. The van der Waals surface area contributed by atoms with Gasteiger partial charge in [0.25, 0.3) is 0 Å². The molecule has 5 heteroatoms. The van der Waals surface area contributed by atoms with Crippen LogP contribution >= 0.6 is 11.8 Å². The van der Waals surface area contributed by atoms with Gasteiger partial charge in [0.2, 0.25) is 0 Å². The molecule has 0 unspecified atom stereocenters. The van der Waals surface area contributed by atoms with Crippen LogP contribution in [0.4, 0.5) is 5.69 Å². The maximum absolute atomic E-state index is 12.3. The van der Waals surface area contributed by atoms with Crippen molar-refractivity contribution in [1.82, 2.24) is 0 Å². The zero-order valence-electron chi connectivity index (χ0n) is 11.6. The van der Waals surface area contributed by atoms with Crippen LogP contribution in [0.3, 0.4) is 0 Å². The van der Waals surface area contributed by atoms with E-state index < -0.39 is 5.63 Å². The number of carbonyl (C=O) groups is 1. The molecule has 4 nitrogen and oxygen atoms in total. The second kappa shape index (κ2) is 6.07. The van der Waals surface area contributed by atoms with Crippen molar-refractivity contribution < 1.29 is 9.21 Å². The molecule has 2 aromatic carbocycles. The number of nitrogens with two attached hydrogens (primary N) is 1. The number of benzene rings is 2. The first-order valence-electron chi connectivity index (χ1n) is 6.68. The minimum absolute atomic E-state index is 0.0701. The Hall–Kier alpha value is -2.53. The second-order valence-electron chi connectivity index (χ2n) is 4.74. The molecule has 0 amide bonds. The van der Waals surface area contributed by atoms with Crippen LogP contribution in [-0.2, 0) is 0 Å². The summed E-state index contributed by atoms with van der Waals surface area (Å²) in [6.07, 6.45) is 0. The number of fused-ring (bicyclic) bond motifs is 1. The van der Waals surface area contributed by atoms with E-state index in [1.807, 2.05) is 24.3 Å². The Labute approximate surface area is 130 Å². The number of para-hydroxylation sites is 2. The molecule has 1 aromatic heterocycles. The van der Waals surface area contributed by atoms with Crippen molar-refractivity contribution in [2.24, 2.45) is 0 Å². The van der Waals surface area contributed by atoms with Gasteiger partial charge in [-0.2, -0.15) is 0 Å². The first kappa shape index (κ1) is 14.4. The van der Waals surface area contributed by atoms with Gasteiger partial charge in [-0.3, -0.25) is 4.79 Å². The summed E-state index contributed by atoms with van der Waals surface area (Å²) in [6, 6.07) is 16.0. The van der Waals surface area contributed by atoms with Gasteiger partial charge in [-0.25, -0.2) is 4.79 Å². The number of nitrogen functional groups attached to an aromatic ring is 1. The molecule has 0 saturated heterocycles. The molecule has 0 bridgehead atoms. The fourth-order valence-corrected chi connectivity index (χ4v) is 2.94. The lowest BCUT2D eigenvalue weighted by atomic mass is 10.1. The molecule has 3 rings (SSSR count). The molecule has 22 heavy (non-hydrogen) atoms. The Morgan fingerprint density at radius 1 is 1.09 bits per heavy atom. The summed E-state index contributed by atoms with van der Waals surface area (Å²) in [5.41, 5.74) is 6.39. The zero-order chi connectivity index (χ0) is 15.5. The van der Waals surface area contributed by atoms with Gasteiger partial charge < -0.3 is 10.2 Å². The Kier molecular flexibility index (Phi) is 3.98. The largest absolute Gasteiger partial charge is 0.422 e. The molecule has 0 aliphatic heterocycles. The predicted molar refractivity (Wildman–Crippen MR) is 88.4 cm³/mol. The summed E-state index contributed by atoms with van der Waals surface area (Å²) >= 11 is 1.31. The third kappa shape index (κ3) is 2.89. The van der Waals surface area contributed by atoms with E-state index in [1.165, 1.54) is 11.8 Å². The highest BCUT2D eigenvalue weighted by Gasteiger charge is 2.14. The number of carbonyl (C=O) groups excluding carboxylic acids is 1. The van der Waals surface area contributed by atoms with Gasteiger partial charge in [-0.05, 0) is 24.3 Å². The molecule has 110 valence electrons. The van der Waals surface area contributed by atoms with Crippen LogP contribution in [0.15, 0.2) is 68.7 Å². The van der Waals surface area contributed by atoms with E-state index in [0.29, 0.717) is 11.3 Å². The van der Waals surface area contributed by atoms with Crippen LogP contribution in [0.1, 0.15) is 10.4 Å². The molecule has 0 atom stereocenters. The van der Waals surface area contributed by atoms with E-state index in [0.717, 1.165) is 10.3 Å². The van der Waals surface area contributed by atoms with E-state index >= 15 is 0 Å². The van der Waals surface area contributed by atoms with Crippen LogP contribution in [0.2, 0.25) is 0 Å². The van der Waals surface area contributed by atoms with E-state index in [2.05, 4.69) is 0 Å². The highest BCUT2D eigenvalue weighted by molar-refractivity contribution is 8.00. The number of ketones is 1. The standard InChI is InChI=1S/C17H13NO3S/c18-13-6-2-4-8-16(13)22-10-14(19)12-9-11-5-1-3-7-15(11)21-17(12)20/h1-9H,10,18H2. The average molecular weight is 311 g/mol. The van der Waals surface area contributed by atoms with Gasteiger partial charge in [0.05, 0.1) is 5.75 Å². The van der Waals surface area contributed by atoms with Gasteiger partial charge in [-0.1, -0.05) is 30.3 Å². The predicted octanol–water partition coefficient (Wildman–Crippen LogP) is 3.35. The Balaban J connectivity index is 1.85. The molecule has 1 heterocycles. The van der Waals surface area contributed by atoms with Gasteiger partial charge in [0, 0.05) is 16.0 Å². The number of thioether (sulfide) groups is 1. The monoisotopic (exact) mass is 311 g/mol. The first-order chi connectivity index (χ1) is 10.6. The number of hydrogen-bond acceptors (Lipinski definition) is 5. The van der Waals surface area contributed by atoms with E-state index in [1.54, 1.807) is 30.3 Å². The number of hydrogen-bond donors (Lipinski definition) is 1. The maximum atomic E-state index is 12.3. The molecule has 0 aliphatic carbocycles. The van der Waals surface area contributed by atoms with Crippen LogP contribution in [0.5, 0.6) is 0 Å². The quantitative estimate of drug-likeness (QED) is 0.346. The van der Waals surface area contributed by atoms with Crippen molar-refractivity contribution in [3.8, 4) is 0 Å². The minimum Gasteiger partial charge on any atom is -0.422 e. The van der Waals surface area contributed by atoms with Gasteiger partial charge in [0.1, 0.15) is 11.1 Å². The highest BCUT2D eigenvalue weighted by Crippen LogP contribution is 2.25. The van der Waals surface area contributed by atoms with Crippen LogP contribution in [0, 0.1) is 0 Å². The summed E-state index contributed by atoms with van der Waals surface area (Å²) in [6.45, 7) is 0. The van der Waals surface area contributed by atoms with Crippen molar-refractivity contribution in [3.05, 3.63) is 70.6 Å². The molecule has 0 aliphatic rings. The number of Topliss-reactive ketones (excluding diaryl/α,β-unsaturated/α-hetero) is 1. The topological polar surface area (TPSA) is 73.3 Å². The van der Waals surface area contributed by atoms with Crippen molar-refractivity contribution in [2.75, 3.05) is 11.5 Å². The number of rotatable bonds is 4. The third-order valence-corrected chi connectivity index (χ3v) is 4.31. The van der Waals surface area contributed by atoms with E-state index in [4.69, 9.17) is 10.2 Å².